The molecule has 1 heterocycles. The predicted octanol–water partition coefficient (Wildman–Crippen LogP) is 4.25. The number of thioether (sulfide) groups is 1. The molecule has 140 valence electrons. The molecule has 5 nitrogen and oxygen atoms in total. The lowest BCUT2D eigenvalue weighted by molar-refractivity contribution is 0.102. The number of aromatic nitrogens is 2. The molecule has 4 rings (SSSR count). The fourth-order valence-corrected chi connectivity index (χ4v) is 4.10. The Morgan fingerprint density at radius 3 is 2.43 bits per heavy atom. The maximum Gasteiger partial charge on any atom is 0.262 e. The smallest absolute Gasteiger partial charge is 0.262 e. The van der Waals surface area contributed by atoms with E-state index in [0.717, 1.165) is 10.8 Å². The van der Waals surface area contributed by atoms with Gasteiger partial charge in [0, 0.05) is 12.1 Å². The van der Waals surface area contributed by atoms with Gasteiger partial charge in [-0.15, -0.1) is 0 Å². The monoisotopic (exact) mass is 390 g/mol. The van der Waals surface area contributed by atoms with E-state index in [4.69, 9.17) is 0 Å². The Bertz CT molecular complexity index is 1250. The highest BCUT2D eigenvalue weighted by Gasteiger charge is 2.14. The number of nitrogens with zero attached hydrogens (tertiary/aromatic N) is 2. The first-order chi connectivity index (χ1) is 13.6. The van der Waals surface area contributed by atoms with E-state index in [1.54, 1.807) is 16.7 Å². The lowest BCUT2D eigenvalue weighted by Crippen LogP contribution is -2.23. The molecule has 1 aromatic heterocycles. The van der Waals surface area contributed by atoms with Crippen molar-refractivity contribution < 1.29 is 9.90 Å². The van der Waals surface area contributed by atoms with Gasteiger partial charge in [-0.2, -0.15) is 0 Å². The lowest BCUT2D eigenvalue weighted by atomic mass is 10.1. The molecule has 0 aliphatic heterocycles. The standard InChI is InChI=1S/C22H18N2O3S/c1-2-24-21(27)18-11-15-5-3-4-6-16(15)12-19(18)23-22(24)28-13-20(26)14-7-9-17(25)10-8-14/h3-12,25H,2,13H2,1H3. The molecule has 0 radical (unpaired) electrons. The van der Waals surface area contributed by atoms with Crippen LogP contribution in [0.3, 0.4) is 0 Å². The summed E-state index contributed by atoms with van der Waals surface area (Å²) in [6.45, 7) is 2.37. The summed E-state index contributed by atoms with van der Waals surface area (Å²) in [4.78, 5) is 30.1. The summed E-state index contributed by atoms with van der Waals surface area (Å²) in [5.74, 6) is 0.198. The second-order valence-electron chi connectivity index (χ2n) is 6.42. The molecule has 0 saturated heterocycles. The summed E-state index contributed by atoms with van der Waals surface area (Å²) in [5, 5.41) is 12.5. The van der Waals surface area contributed by atoms with Gasteiger partial charge in [0.25, 0.3) is 5.56 Å². The minimum atomic E-state index is -0.0992. The first-order valence-electron chi connectivity index (χ1n) is 8.95. The number of ketones is 1. The Hall–Kier alpha value is -3.12. The van der Waals surface area contributed by atoms with Crippen LogP contribution in [0, 0.1) is 0 Å². The Kier molecular flexibility index (Phi) is 4.88. The van der Waals surface area contributed by atoms with Crippen molar-refractivity contribution in [3.63, 3.8) is 0 Å². The van der Waals surface area contributed by atoms with Gasteiger partial charge in [-0.3, -0.25) is 14.2 Å². The molecule has 6 heteroatoms. The SMILES string of the molecule is CCn1c(SCC(=O)c2ccc(O)cc2)nc2cc3ccccc3cc2c1=O. The molecule has 0 aliphatic rings. The minimum absolute atomic E-state index is 0.0829. The second-order valence-corrected chi connectivity index (χ2v) is 7.36. The zero-order chi connectivity index (χ0) is 19.7. The summed E-state index contributed by atoms with van der Waals surface area (Å²) in [6, 6.07) is 17.8. The summed E-state index contributed by atoms with van der Waals surface area (Å²) in [6.07, 6.45) is 0. The Morgan fingerprint density at radius 1 is 1.07 bits per heavy atom. The highest BCUT2D eigenvalue weighted by Crippen LogP contribution is 2.23. The van der Waals surface area contributed by atoms with E-state index in [1.807, 2.05) is 43.3 Å². The average molecular weight is 390 g/mol. The molecule has 0 fully saturated rings. The summed E-state index contributed by atoms with van der Waals surface area (Å²) in [5.41, 5.74) is 1.05. The van der Waals surface area contributed by atoms with Gasteiger partial charge in [0.15, 0.2) is 10.9 Å². The second kappa shape index (κ2) is 7.48. The zero-order valence-corrected chi connectivity index (χ0v) is 16.1. The van der Waals surface area contributed by atoms with Gasteiger partial charge < -0.3 is 5.11 Å². The van der Waals surface area contributed by atoms with Crippen LogP contribution in [0.25, 0.3) is 21.7 Å². The summed E-state index contributed by atoms with van der Waals surface area (Å²) >= 11 is 1.25. The Morgan fingerprint density at radius 2 is 1.75 bits per heavy atom. The summed E-state index contributed by atoms with van der Waals surface area (Å²) in [7, 11) is 0. The van der Waals surface area contributed by atoms with Crippen LogP contribution in [-0.4, -0.2) is 26.2 Å². The van der Waals surface area contributed by atoms with E-state index < -0.39 is 0 Å². The number of fused-ring (bicyclic) bond motifs is 2. The number of phenolic OH excluding ortho intramolecular Hbond substituents is 1. The highest BCUT2D eigenvalue weighted by molar-refractivity contribution is 7.99. The molecule has 0 saturated carbocycles. The van der Waals surface area contributed by atoms with Gasteiger partial charge in [0.05, 0.1) is 16.7 Å². The van der Waals surface area contributed by atoms with Crippen LogP contribution in [0.1, 0.15) is 17.3 Å². The number of rotatable bonds is 5. The molecule has 0 atom stereocenters. The van der Waals surface area contributed by atoms with E-state index in [2.05, 4.69) is 4.98 Å². The fourth-order valence-electron chi connectivity index (χ4n) is 3.14. The number of Topliss-reactive ketones (excluding diaryl/α,β-unsaturated/α-hetero) is 1. The van der Waals surface area contributed by atoms with E-state index in [0.29, 0.717) is 28.2 Å². The molecule has 0 bridgehead atoms. The highest BCUT2D eigenvalue weighted by atomic mass is 32.2. The Balaban J connectivity index is 1.71. The number of carbonyl (C=O) groups is 1. The lowest BCUT2D eigenvalue weighted by Gasteiger charge is -2.11. The van der Waals surface area contributed by atoms with Crippen molar-refractivity contribution >= 4 is 39.2 Å². The number of hydrogen-bond acceptors (Lipinski definition) is 5. The van der Waals surface area contributed by atoms with E-state index in [1.165, 1.54) is 23.9 Å². The van der Waals surface area contributed by atoms with Crippen LogP contribution in [0.4, 0.5) is 0 Å². The fraction of sp³-hybridized carbons (Fsp3) is 0.136. The molecular formula is C22H18N2O3S. The van der Waals surface area contributed by atoms with Gasteiger partial charge in [0.1, 0.15) is 5.75 Å². The van der Waals surface area contributed by atoms with Crippen LogP contribution in [0.15, 0.2) is 70.6 Å². The van der Waals surface area contributed by atoms with Gasteiger partial charge in [-0.25, -0.2) is 4.98 Å². The third kappa shape index (κ3) is 3.39. The van der Waals surface area contributed by atoms with Gasteiger partial charge in [-0.05, 0) is 54.1 Å². The van der Waals surface area contributed by atoms with E-state index >= 15 is 0 Å². The normalized spacial score (nSPS) is 11.2. The number of carbonyl (C=O) groups excluding carboxylic acids is 1. The van der Waals surface area contributed by atoms with Crippen LogP contribution in [0.5, 0.6) is 5.75 Å². The largest absolute Gasteiger partial charge is 0.508 e. The zero-order valence-electron chi connectivity index (χ0n) is 15.3. The average Bonchev–Trinajstić information content (AvgIpc) is 2.71. The van der Waals surface area contributed by atoms with Crippen LogP contribution < -0.4 is 5.56 Å². The number of aromatic hydroxyl groups is 1. The summed E-state index contributed by atoms with van der Waals surface area (Å²) < 4.78 is 1.60. The first kappa shape index (κ1) is 18.3. The number of hydrogen-bond donors (Lipinski definition) is 1. The predicted molar refractivity (Wildman–Crippen MR) is 112 cm³/mol. The molecule has 1 N–H and O–H groups in total. The molecule has 3 aromatic carbocycles. The van der Waals surface area contributed by atoms with Crippen LogP contribution in [0.2, 0.25) is 0 Å². The number of benzene rings is 3. The molecule has 0 spiro atoms. The van der Waals surface area contributed by atoms with Crippen molar-refractivity contribution in [3.8, 4) is 5.75 Å². The molecule has 0 aliphatic carbocycles. The van der Waals surface area contributed by atoms with Crippen molar-refractivity contribution in [2.24, 2.45) is 0 Å². The van der Waals surface area contributed by atoms with Crippen LogP contribution >= 0.6 is 11.8 Å². The van der Waals surface area contributed by atoms with Crippen molar-refractivity contribution in [1.82, 2.24) is 9.55 Å². The quantitative estimate of drug-likeness (QED) is 0.239. The molecule has 4 aromatic rings. The third-order valence-electron chi connectivity index (χ3n) is 4.62. The van der Waals surface area contributed by atoms with Gasteiger partial charge in [0.2, 0.25) is 0 Å². The third-order valence-corrected chi connectivity index (χ3v) is 5.60. The first-order valence-corrected chi connectivity index (χ1v) is 9.93. The minimum Gasteiger partial charge on any atom is -0.508 e. The molecule has 28 heavy (non-hydrogen) atoms. The topological polar surface area (TPSA) is 72.2 Å². The maximum absolute atomic E-state index is 13.0. The van der Waals surface area contributed by atoms with Gasteiger partial charge >= 0.3 is 0 Å². The van der Waals surface area contributed by atoms with E-state index in [9.17, 15) is 14.7 Å². The molecular weight excluding hydrogens is 372 g/mol. The van der Waals surface area contributed by atoms with E-state index in [-0.39, 0.29) is 22.8 Å². The van der Waals surface area contributed by atoms with Crippen LogP contribution in [-0.2, 0) is 6.54 Å². The molecule has 0 unspecified atom stereocenters. The van der Waals surface area contributed by atoms with Crippen molar-refractivity contribution in [2.45, 2.75) is 18.6 Å². The van der Waals surface area contributed by atoms with Crippen molar-refractivity contribution in [3.05, 3.63) is 76.6 Å². The van der Waals surface area contributed by atoms with Crippen molar-refractivity contribution in [1.29, 1.82) is 0 Å². The Labute approximate surface area is 165 Å². The number of phenols is 1. The molecule has 0 amide bonds. The van der Waals surface area contributed by atoms with Gasteiger partial charge in [-0.1, -0.05) is 36.0 Å². The maximum atomic E-state index is 13.0. The van der Waals surface area contributed by atoms with Crippen molar-refractivity contribution in [2.75, 3.05) is 5.75 Å².